The standard InChI is InChI=1S/C21H23BFN3/c1-13(17-12-15(23)10-11-18(17)22(2)3)24-21-16-6-4-5-7-19(16)25-20(26-21)14-8-9-14/h4-7,10-12,14,20,25H,1,8-9H2,2-3H3,(H,24,26). The van der Waals surface area contributed by atoms with Crippen molar-refractivity contribution in [2.75, 3.05) is 5.32 Å². The summed E-state index contributed by atoms with van der Waals surface area (Å²) in [7, 11) is 0. The molecule has 0 radical (unpaired) electrons. The molecule has 1 atom stereocenters. The van der Waals surface area contributed by atoms with Crippen molar-refractivity contribution in [3.63, 3.8) is 0 Å². The minimum atomic E-state index is -0.254. The number of aliphatic imine (C=N–C) groups is 1. The number of fused-ring (bicyclic) bond motifs is 1. The summed E-state index contributed by atoms with van der Waals surface area (Å²) in [6.07, 6.45) is 2.51. The third-order valence-corrected chi connectivity index (χ3v) is 5.05. The summed E-state index contributed by atoms with van der Waals surface area (Å²) >= 11 is 0. The lowest BCUT2D eigenvalue weighted by Crippen LogP contribution is -2.36. The minimum absolute atomic E-state index is 0.0947. The SMILES string of the molecule is C=C(NC1=NC(C2CC2)Nc2ccccc21)c1cc(F)ccc1B(C)C. The number of hydrogen-bond acceptors (Lipinski definition) is 3. The Balaban J connectivity index is 1.67. The highest BCUT2D eigenvalue weighted by molar-refractivity contribution is 6.71. The summed E-state index contributed by atoms with van der Waals surface area (Å²) in [6, 6.07) is 13.0. The molecule has 2 N–H and O–H groups in total. The summed E-state index contributed by atoms with van der Waals surface area (Å²) in [4.78, 5) is 4.89. The van der Waals surface area contributed by atoms with Gasteiger partial charge in [-0.3, -0.25) is 0 Å². The molecule has 0 spiro atoms. The second-order valence-corrected chi connectivity index (χ2v) is 7.44. The molecule has 26 heavy (non-hydrogen) atoms. The van der Waals surface area contributed by atoms with Crippen LogP contribution in [-0.4, -0.2) is 18.7 Å². The molecule has 0 bridgehead atoms. The maximum Gasteiger partial charge on any atom is 0.170 e. The van der Waals surface area contributed by atoms with Gasteiger partial charge in [0, 0.05) is 16.9 Å². The largest absolute Gasteiger partial charge is 0.363 e. The number of amidine groups is 1. The molecule has 1 fully saturated rings. The van der Waals surface area contributed by atoms with Crippen molar-refractivity contribution >= 4 is 29.4 Å². The van der Waals surface area contributed by atoms with Gasteiger partial charge in [-0.1, -0.05) is 43.9 Å². The predicted octanol–water partition coefficient (Wildman–Crippen LogP) is 3.96. The average Bonchev–Trinajstić information content (AvgIpc) is 3.46. The molecule has 0 amide bonds. The van der Waals surface area contributed by atoms with Crippen LogP contribution in [0.5, 0.6) is 0 Å². The molecule has 1 aliphatic heterocycles. The zero-order chi connectivity index (χ0) is 18.3. The number of benzene rings is 2. The van der Waals surface area contributed by atoms with Gasteiger partial charge >= 0.3 is 0 Å². The van der Waals surface area contributed by atoms with Crippen LogP contribution in [0.2, 0.25) is 13.6 Å². The first-order valence-electron chi connectivity index (χ1n) is 9.22. The fourth-order valence-corrected chi connectivity index (χ4v) is 3.45. The number of nitrogens with one attached hydrogen (secondary N) is 2. The maximum absolute atomic E-state index is 13.9. The number of anilines is 1. The van der Waals surface area contributed by atoms with Crippen molar-refractivity contribution in [1.82, 2.24) is 5.32 Å². The molecule has 1 unspecified atom stereocenters. The molecule has 0 aromatic heterocycles. The van der Waals surface area contributed by atoms with E-state index in [-0.39, 0.29) is 18.7 Å². The summed E-state index contributed by atoms with van der Waals surface area (Å²) in [5.74, 6) is 1.14. The first kappa shape index (κ1) is 16.9. The van der Waals surface area contributed by atoms with Crippen molar-refractivity contribution in [3.05, 3.63) is 66.0 Å². The van der Waals surface area contributed by atoms with Gasteiger partial charge in [0.1, 0.15) is 17.8 Å². The predicted molar refractivity (Wildman–Crippen MR) is 109 cm³/mol. The van der Waals surface area contributed by atoms with Gasteiger partial charge in [-0.2, -0.15) is 0 Å². The summed E-state index contributed by atoms with van der Waals surface area (Å²) in [6.45, 7) is 8.67. The van der Waals surface area contributed by atoms with Crippen LogP contribution in [0, 0.1) is 11.7 Å². The Morgan fingerprint density at radius 3 is 2.73 bits per heavy atom. The van der Waals surface area contributed by atoms with Crippen molar-refractivity contribution in [2.24, 2.45) is 10.9 Å². The second-order valence-electron chi connectivity index (χ2n) is 7.44. The van der Waals surface area contributed by atoms with Crippen LogP contribution < -0.4 is 16.1 Å². The van der Waals surface area contributed by atoms with Crippen LogP contribution in [-0.2, 0) is 0 Å². The number of halogens is 1. The van der Waals surface area contributed by atoms with Crippen molar-refractivity contribution in [3.8, 4) is 0 Å². The van der Waals surface area contributed by atoms with Gasteiger partial charge in [0.15, 0.2) is 6.71 Å². The van der Waals surface area contributed by atoms with E-state index >= 15 is 0 Å². The Morgan fingerprint density at radius 1 is 1.23 bits per heavy atom. The Labute approximate surface area is 154 Å². The molecule has 2 aromatic rings. The van der Waals surface area contributed by atoms with Crippen LogP contribution in [0.4, 0.5) is 10.1 Å². The van der Waals surface area contributed by atoms with Crippen LogP contribution in [0.1, 0.15) is 24.0 Å². The third kappa shape index (κ3) is 3.26. The van der Waals surface area contributed by atoms with Gasteiger partial charge in [0.25, 0.3) is 0 Å². The Hall–Kier alpha value is -2.56. The molecule has 2 aliphatic rings. The Kier molecular flexibility index (Phi) is 4.31. The van der Waals surface area contributed by atoms with Crippen molar-refractivity contribution in [1.29, 1.82) is 0 Å². The lowest BCUT2D eigenvalue weighted by Gasteiger charge is -2.27. The minimum Gasteiger partial charge on any atom is -0.363 e. The number of nitrogens with zero attached hydrogens (tertiary/aromatic N) is 1. The van der Waals surface area contributed by atoms with E-state index < -0.39 is 0 Å². The third-order valence-electron chi connectivity index (χ3n) is 5.05. The van der Waals surface area contributed by atoms with E-state index in [1.54, 1.807) is 6.07 Å². The highest BCUT2D eigenvalue weighted by atomic mass is 19.1. The maximum atomic E-state index is 13.9. The topological polar surface area (TPSA) is 36.4 Å². The number of para-hydroxylation sites is 1. The van der Waals surface area contributed by atoms with Gasteiger partial charge in [-0.25, -0.2) is 9.38 Å². The lowest BCUT2D eigenvalue weighted by molar-refractivity contribution is 0.627. The quantitative estimate of drug-likeness (QED) is 0.822. The molecule has 1 aliphatic carbocycles. The fourth-order valence-electron chi connectivity index (χ4n) is 3.45. The van der Waals surface area contributed by atoms with Crippen molar-refractivity contribution < 1.29 is 4.39 Å². The highest BCUT2D eigenvalue weighted by Gasteiger charge is 2.34. The zero-order valence-corrected chi connectivity index (χ0v) is 15.2. The molecule has 5 heteroatoms. The molecule has 4 rings (SSSR count). The second kappa shape index (κ2) is 6.63. The van der Waals surface area contributed by atoms with E-state index in [2.05, 4.69) is 36.9 Å². The Morgan fingerprint density at radius 2 is 2.00 bits per heavy atom. The van der Waals surface area contributed by atoms with E-state index in [1.165, 1.54) is 18.9 Å². The van der Waals surface area contributed by atoms with Crippen LogP contribution in [0.15, 0.2) is 54.0 Å². The van der Waals surface area contributed by atoms with Gasteiger partial charge in [-0.05, 0) is 48.6 Å². The average molecular weight is 347 g/mol. The zero-order valence-electron chi connectivity index (χ0n) is 15.2. The normalized spacial score (nSPS) is 18.4. The van der Waals surface area contributed by atoms with E-state index in [1.807, 2.05) is 24.3 Å². The van der Waals surface area contributed by atoms with Gasteiger partial charge in [-0.15, -0.1) is 0 Å². The first-order chi connectivity index (χ1) is 12.5. The van der Waals surface area contributed by atoms with Crippen LogP contribution in [0.25, 0.3) is 5.70 Å². The number of hydrogen-bond donors (Lipinski definition) is 2. The van der Waals surface area contributed by atoms with E-state index in [0.29, 0.717) is 11.6 Å². The molecular weight excluding hydrogens is 324 g/mol. The monoisotopic (exact) mass is 347 g/mol. The fraction of sp³-hybridized carbons (Fsp3) is 0.286. The molecular formula is C21H23BFN3. The highest BCUT2D eigenvalue weighted by Crippen LogP contribution is 2.37. The summed E-state index contributed by atoms with van der Waals surface area (Å²) in [5, 5.41) is 6.90. The molecule has 2 aromatic carbocycles. The van der Waals surface area contributed by atoms with Gasteiger partial charge in [0.05, 0.1) is 0 Å². The molecule has 3 nitrogen and oxygen atoms in total. The first-order valence-corrected chi connectivity index (χ1v) is 9.22. The molecule has 132 valence electrons. The van der Waals surface area contributed by atoms with Crippen LogP contribution >= 0.6 is 0 Å². The van der Waals surface area contributed by atoms with E-state index in [9.17, 15) is 4.39 Å². The smallest absolute Gasteiger partial charge is 0.170 e. The number of rotatable bonds is 4. The van der Waals surface area contributed by atoms with Crippen LogP contribution in [0.3, 0.4) is 0 Å². The lowest BCUT2D eigenvalue weighted by atomic mass is 9.48. The molecule has 0 saturated heterocycles. The molecule has 1 saturated carbocycles. The van der Waals surface area contributed by atoms with Gasteiger partial charge in [0.2, 0.25) is 0 Å². The Bertz CT molecular complexity index is 887. The summed E-state index contributed by atoms with van der Waals surface area (Å²) < 4.78 is 13.9. The van der Waals surface area contributed by atoms with E-state index in [0.717, 1.165) is 28.1 Å². The molecule has 1 heterocycles. The van der Waals surface area contributed by atoms with Gasteiger partial charge < -0.3 is 10.6 Å². The summed E-state index contributed by atoms with van der Waals surface area (Å²) in [5.41, 5.74) is 4.66. The van der Waals surface area contributed by atoms with E-state index in [4.69, 9.17) is 4.99 Å². The van der Waals surface area contributed by atoms with Crippen molar-refractivity contribution in [2.45, 2.75) is 32.7 Å².